The van der Waals surface area contributed by atoms with Crippen molar-refractivity contribution in [3.63, 3.8) is 0 Å². The van der Waals surface area contributed by atoms with Gasteiger partial charge in [-0.25, -0.2) is 19.6 Å². The van der Waals surface area contributed by atoms with Gasteiger partial charge in [0.1, 0.15) is 5.82 Å². The van der Waals surface area contributed by atoms with Gasteiger partial charge in [-0.1, -0.05) is 30.5 Å². The molecule has 0 saturated heterocycles. The number of thiophene rings is 1. The minimum Gasteiger partial charge on any atom is -0.475 e. The maximum absolute atomic E-state index is 12.8. The number of carbonyl (C=O) groups excluding carboxylic acids is 1. The molecule has 45 heavy (non-hydrogen) atoms. The summed E-state index contributed by atoms with van der Waals surface area (Å²) in [5.74, 6) is -5.07. The third-order valence-corrected chi connectivity index (χ3v) is 6.85. The number of aryl methyl sites for hydroxylation is 1. The second-order valence-corrected chi connectivity index (χ2v) is 10.5. The molecule has 246 valence electrons. The van der Waals surface area contributed by atoms with Crippen molar-refractivity contribution in [2.45, 2.75) is 63.6 Å². The number of fused-ring (bicyclic) bond motifs is 1. The highest BCUT2D eigenvalue weighted by atomic mass is 32.1. The van der Waals surface area contributed by atoms with Crippen molar-refractivity contribution in [3.8, 4) is 0 Å². The van der Waals surface area contributed by atoms with E-state index in [0.717, 1.165) is 47.0 Å². The van der Waals surface area contributed by atoms with Gasteiger partial charge in [-0.3, -0.25) is 10.2 Å². The number of carbonyl (C=O) groups is 3. The number of aromatic nitrogens is 2. The van der Waals surface area contributed by atoms with Crippen molar-refractivity contribution >= 4 is 51.9 Å². The predicted octanol–water partition coefficient (Wildman–Crippen LogP) is 4.40. The Kier molecular flexibility index (Phi) is 12.9. The highest BCUT2D eigenvalue weighted by Gasteiger charge is 2.39. The van der Waals surface area contributed by atoms with E-state index in [0.29, 0.717) is 12.4 Å². The van der Waals surface area contributed by atoms with E-state index in [1.165, 1.54) is 0 Å². The molecule has 1 amide bonds. The first-order valence-electron chi connectivity index (χ1n) is 12.9. The molecule has 4 rings (SSSR count). The zero-order valence-corrected chi connectivity index (χ0v) is 24.2. The largest absolute Gasteiger partial charge is 0.490 e. The van der Waals surface area contributed by atoms with Crippen molar-refractivity contribution in [1.82, 2.24) is 20.6 Å². The molecule has 2 aromatic heterocycles. The third kappa shape index (κ3) is 12.1. The summed E-state index contributed by atoms with van der Waals surface area (Å²) in [7, 11) is 0. The molecule has 0 spiro atoms. The molecule has 1 fully saturated rings. The number of hydrogen-bond acceptors (Lipinski definition) is 8. The lowest BCUT2D eigenvalue weighted by Gasteiger charge is -2.33. The lowest BCUT2D eigenvalue weighted by molar-refractivity contribution is -0.193. The van der Waals surface area contributed by atoms with Crippen LogP contribution in [0.25, 0.3) is 10.9 Å². The summed E-state index contributed by atoms with van der Waals surface area (Å²) >= 11 is 1.59. The summed E-state index contributed by atoms with van der Waals surface area (Å²) in [6.07, 6.45) is -6.14. The summed E-state index contributed by atoms with van der Waals surface area (Å²) in [5.41, 5.74) is 7.41. The summed E-state index contributed by atoms with van der Waals surface area (Å²) in [4.78, 5) is 40.8. The van der Waals surface area contributed by atoms with Gasteiger partial charge in [0.05, 0.1) is 12.1 Å². The number of alkyl halides is 6. The van der Waals surface area contributed by atoms with Gasteiger partial charge < -0.3 is 31.9 Å². The fourth-order valence-corrected chi connectivity index (χ4v) is 4.61. The van der Waals surface area contributed by atoms with Crippen LogP contribution in [-0.4, -0.2) is 68.4 Å². The quantitative estimate of drug-likeness (QED) is 0.112. The number of carboxylic acid groups (broad SMARTS) is 2. The molecular formula is C26H29F6N7O5S. The number of hydrogen-bond donors (Lipinski definition) is 7. The zero-order valence-electron chi connectivity index (χ0n) is 23.4. The Balaban J connectivity index is 0.000000421. The first kappa shape index (κ1) is 36.5. The van der Waals surface area contributed by atoms with Crippen LogP contribution in [0.5, 0.6) is 0 Å². The van der Waals surface area contributed by atoms with Crippen LogP contribution in [0, 0.1) is 12.3 Å². The number of nitrogens with one attached hydrogen (secondary N) is 4. The molecule has 1 aliphatic rings. The molecule has 1 saturated carbocycles. The first-order chi connectivity index (χ1) is 20.9. The molecule has 19 heteroatoms. The number of benzene rings is 1. The molecule has 8 N–H and O–H groups in total. The minimum atomic E-state index is -5.08. The molecule has 0 radical (unpaired) electrons. The van der Waals surface area contributed by atoms with Crippen molar-refractivity contribution in [1.29, 1.82) is 5.41 Å². The maximum Gasteiger partial charge on any atom is 0.490 e. The number of anilines is 1. The summed E-state index contributed by atoms with van der Waals surface area (Å²) in [6, 6.07) is 9.95. The molecule has 2 atom stereocenters. The van der Waals surface area contributed by atoms with E-state index in [9.17, 15) is 31.1 Å². The Labute approximate surface area is 255 Å². The zero-order chi connectivity index (χ0) is 33.9. The third-order valence-electron chi connectivity index (χ3n) is 5.97. The van der Waals surface area contributed by atoms with Gasteiger partial charge in [-0.2, -0.15) is 26.3 Å². The molecule has 3 aromatic rings. The van der Waals surface area contributed by atoms with E-state index in [2.05, 4.69) is 25.9 Å². The second kappa shape index (κ2) is 15.9. The molecule has 12 nitrogen and oxygen atoms in total. The van der Waals surface area contributed by atoms with Gasteiger partial charge in [0.2, 0.25) is 5.82 Å². The van der Waals surface area contributed by atoms with Gasteiger partial charge in [-0.15, -0.1) is 11.3 Å². The van der Waals surface area contributed by atoms with Gasteiger partial charge in [0, 0.05) is 22.3 Å². The standard InChI is InChI=1S/C22H27N7OS.2C2HF3O2/c1-13-8-9-16-15(11-13)19(27-17-6-2-3-7-18(17)28-22(23)24)29-20(26-16)21(30)25-12-14-5-4-10-31-14;2*3-2(4,5)1(6)7/h4-5,8-11,17-18H,2-3,6-7,12H2,1H3,(H,25,30)(H4,23,24,28)(H,26,27,29);2*(H,6,7). The van der Waals surface area contributed by atoms with Crippen LogP contribution >= 0.6 is 11.3 Å². The number of guanidine groups is 1. The number of aliphatic carboxylic acids is 2. The van der Waals surface area contributed by atoms with E-state index in [1.807, 2.05) is 42.6 Å². The van der Waals surface area contributed by atoms with Crippen LogP contribution in [0.1, 0.15) is 46.7 Å². The molecule has 2 heterocycles. The minimum absolute atomic E-state index is 0.0317. The molecule has 0 bridgehead atoms. The summed E-state index contributed by atoms with van der Waals surface area (Å²) in [6.45, 7) is 2.47. The monoisotopic (exact) mass is 665 g/mol. The predicted molar refractivity (Wildman–Crippen MR) is 152 cm³/mol. The SMILES string of the molecule is Cc1ccc2nc(C(=O)NCc3cccs3)nc(NC3CCCCC3NC(=N)N)c2c1.O=C(O)C(F)(F)F.O=C(O)C(F)(F)F. The Bertz CT molecular complexity index is 1460. The number of nitrogens with two attached hydrogens (primary N) is 1. The Morgan fingerprint density at radius 3 is 2.09 bits per heavy atom. The van der Waals surface area contributed by atoms with Gasteiger partial charge >= 0.3 is 24.3 Å². The van der Waals surface area contributed by atoms with Crippen molar-refractivity contribution in [2.24, 2.45) is 5.73 Å². The van der Waals surface area contributed by atoms with Crippen molar-refractivity contribution in [3.05, 3.63) is 52.0 Å². The van der Waals surface area contributed by atoms with E-state index >= 15 is 0 Å². The number of carboxylic acids is 2. The van der Waals surface area contributed by atoms with Crippen LogP contribution in [0.15, 0.2) is 35.7 Å². The number of rotatable bonds is 6. The van der Waals surface area contributed by atoms with E-state index < -0.39 is 24.3 Å². The van der Waals surface area contributed by atoms with Crippen LogP contribution in [0.4, 0.5) is 32.2 Å². The van der Waals surface area contributed by atoms with E-state index in [-0.39, 0.29) is 29.8 Å². The average Bonchev–Trinajstić information content (AvgIpc) is 3.46. The average molecular weight is 666 g/mol. The molecule has 1 aromatic carbocycles. The van der Waals surface area contributed by atoms with Crippen molar-refractivity contribution in [2.75, 3.05) is 5.32 Å². The number of amides is 1. The van der Waals surface area contributed by atoms with Crippen LogP contribution in [0.3, 0.4) is 0 Å². The topological polar surface area (TPSA) is 203 Å². The van der Waals surface area contributed by atoms with Crippen LogP contribution in [0.2, 0.25) is 0 Å². The normalized spacial score (nSPS) is 16.2. The van der Waals surface area contributed by atoms with Gasteiger partial charge in [-0.05, 0) is 43.3 Å². The molecule has 1 aliphatic carbocycles. The maximum atomic E-state index is 12.8. The Morgan fingerprint density at radius 1 is 1.00 bits per heavy atom. The molecule has 2 unspecified atom stereocenters. The van der Waals surface area contributed by atoms with Crippen LogP contribution in [-0.2, 0) is 16.1 Å². The Hall–Kier alpha value is -4.68. The summed E-state index contributed by atoms with van der Waals surface area (Å²) in [5, 5.41) is 34.2. The number of nitrogens with zero attached hydrogens (tertiary/aromatic N) is 2. The summed E-state index contributed by atoms with van der Waals surface area (Å²) < 4.78 is 63.5. The van der Waals surface area contributed by atoms with Crippen molar-refractivity contribution < 1.29 is 50.9 Å². The lowest BCUT2D eigenvalue weighted by Crippen LogP contribution is -2.50. The van der Waals surface area contributed by atoms with E-state index in [4.69, 9.17) is 30.9 Å². The Morgan fingerprint density at radius 2 is 1.58 bits per heavy atom. The molecule has 0 aliphatic heterocycles. The van der Waals surface area contributed by atoms with Crippen LogP contribution < -0.4 is 21.7 Å². The number of halogens is 6. The second-order valence-electron chi connectivity index (χ2n) is 9.48. The smallest absolute Gasteiger partial charge is 0.475 e. The molecular weight excluding hydrogens is 636 g/mol. The van der Waals surface area contributed by atoms with Gasteiger partial charge in [0.25, 0.3) is 5.91 Å². The van der Waals surface area contributed by atoms with E-state index in [1.54, 1.807) is 11.3 Å². The highest BCUT2D eigenvalue weighted by Crippen LogP contribution is 2.27. The first-order valence-corrected chi connectivity index (χ1v) is 13.8. The lowest BCUT2D eigenvalue weighted by atomic mass is 9.90. The van der Waals surface area contributed by atoms with Gasteiger partial charge in [0.15, 0.2) is 5.96 Å². The fourth-order valence-electron chi connectivity index (χ4n) is 3.97. The highest BCUT2D eigenvalue weighted by molar-refractivity contribution is 7.09. The fraction of sp³-hybridized carbons (Fsp3) is 0.385.